The van der Waals surface area contributed by atoms with Crippen molar-refractivity contribution in [1.29, 1.82) is 0 Å². The molecule has 0 bridgehead atoms. The number of hydrogen-bond acceptors (Lipinski definition) is 7. The second-order valence-corrected chi connectivity index (χ2v) is 9.27. The largest absolute Gasteiger partial charge is 0.405 e. The fraction of sp³-hybridized carbons (Fsp3) is 0.450. The molecular weight excluding hydrogens is 491 g/mol. The quantitative estimate of drug-likeness (QED) is 0.480. The molecule has 0 saturated carbocycles. The Hall–Kier alpha value is -3.46. The number of nitrogens with zero attached hydrogens (tertiary/aromatic N) is 5. The van der Waals surface area contributed by atoms with Crippen LogP contribution in [0.4, 0.5) is 13.2 Å². The zero-order chi connectivity index (χ0) is 25.3. The topological polar surface area (TPSA) is 125 Å². The minimum atomic E-state index is -4.60. The van der Waals surface area contributed by atoms with E-state index in [1.807, 2.05) is 11.9 Å². The number of aryl methyl sites for hydroxylation is 1. The number of amides is 2. The zero-order valence-corrected chi connectivity index (χ0v) is 19.4. The minimum absolute atomic E-state index is 0.0227. The number of halogens is 3. The van der Waals surface area contributed by atoms with E-state index < -0.39 is 41.8 Å². The van der Waals surface area contributed by atoms with Crippen LogP contribution in [0.3, 0.4) is 0 Å². The Morgan fingerprint density at radius 1 is 1.23 bits per heavy atom. The third-order valence-electron chi connectivity index (χ3n) is 5.70. The first kappa shape index (κ1) is 24.7. The molecule has 11 nitrogen and oxygen atoms in total. The van der Waals surface area contributed by atoms with Gasteiger partial charge in [0.1, 0.15) is 18.3 Å². The molecule has 3 aromatic rings. The van der Waals surface area contributed by atoms with Gasteiger partial charge < -0.3 is 10.2 Å². The number of carbonyl (C=O) groups is 2. The summed E-state index contributed by atoms with van der Waals surface area (Å²) < 4.78 is 44.0. The molecule has 2 N–H and O–H groups in total. The van der Waals surface area contributed by atoms with E-state index in [9.17, 15) is 32.3 Å². The third kappa shape index (κ3) is 5.45. The zero-order valence-electron chi connectivity index (χ0n) is 18.5. The summed E-state index contributed by atoms with van der Waals surface area (Å²) in [5.74, 6) is -1.11. The van der Waals surface area contributed by atoms with Crippen LogP contribution in [0.2, 0.25) is 0 Å². The molecule has 3 aromatic heterocycles. The first-order chi connectivity index (χ1) is 16.5. The molecule has 4 heterocycles. The Kier molecular flexibility index (Phi) is 6.80. The van der Waals surface area contributed by atoms with Crippen LogP contribution in [0, 0.1) is 6.92 Å². The summed E-state index contributed by atoms with van der Waals surface area (Å²) in [5, 5.41) is 2.36. The number of aromatic nitrogens is 4. The highest BCUT2D eigenvalue weighted by atomic mass is 32.1. The maximum atomic E-state index is 13.8. The van der Waals surface area contributed by atoms with Gasteiger partial charge in [0.05, 0.1) is 6.20 Å². The van der Waals surface area contributed by atoms with Gasteiger partial charge in [0.15, 0.2) is 4.96 Å². The lowest BCUT2D eigenvalue weighted by Gasteiger charge is -2.39. The number of carbonyl (C=O) groups excluding carboxylic acids is 2. The number of piperazine rings is 1. The summed E-state index contributed by atoms with van der Waals surface area (Å²) in [6.45, 7) is 0.767. The van der Waals surface area contributed by atoms with Gasteiger partial charge in [-0.3, -0.25) is 33.2 Å². The van der Waals surface area contributed by atoms with Crippen LogP contribution in [-0.4, -0.2) is 85.5 Å². The first-order valence-electron chi connectivity index (χ1n) is 10.6. The Labute approximate surface area is 199 Å². The molecule has 2 amide bonds. The van der Waals surface area contributed by atoms with E-state index in [-0.39, 0.29) is 38.4 Å². The lowest BCUT2D eigenvalue weighted by Crippen LogP contribution is -2.59. The van der Waals surface area contributed by atoms with Crippen LogP contribution in [0.15, 0.2) is 34.2 Å². The van der Waals surface area contributed by atoms with Gasteiger partial charge in [-0.25, -0.2) is 9.78 Å². The number of hydrogen-bond donors (Lipinski definition) is 2. The molecule has 15 heteroatoms. The van der Waals surface area contributed by atoms with Gasteiger partial charge in [-0.2, -0.15) is 13.2 Å². The lowest BCUT2D eigenvalue weighted by molar-refractivity contribution is -0.186. The van der Waals surface area contributed by atoms with Gasteiger partial charge in [-0.05, 0) is 6.92 Å². The molecule has 0 radical (unpaired) electrons. The molecule has 1 fully saturated rings. The van der Waals surface area contributed by atoms with E-state index in [4.69, 9.17) is 0 Å². The van der Waals surface area contributed by atoms with E-state index in [1.54, 1.807) is 6.20 Å². The second-order valence-electron chi connectivity index (χ2n) is 8.06. The molecule has 4 rings (SSSR count). The van der Waals surface area contributed by atoms with Gasteiger partial charge in [-0.15, -0.1) is 11.3 Å². The van der Waals surface area contributed by atoms with Crippen LogP contribution in [0.25, 0.3) is 4.96 Å². The lowest BCUT2D eigenvalue weighted by atomic mass is 10.2. The SMILES string of the molecule is Cc1cn2c(C(=O)NCC(N3CCN(C(=O)Cn4ccc(=O)[nH]c4=O)CC3)C(F)(F)F)cnc2s1. The fourth-order valence-electron chi connectivity index (χ4n) is 3.89. The summed E-state index contributed by atoms with van der Waals surface area (Å²) in [6, 6.07) is -0.832. The average Bonchev–Trinajstić information content (AvgIpc) is 3.34. The standard InChI is InChI=1S/C20H22F3N7O4S/c1-12-10-30-13(8-25-19(30)35-12)17(33)24-9-14(20(21,22)23)27-4-6-28(7-5-27)16(32)11-29-3-2-15(31)26-18(29)34/h2-3,8,10,14H,4-7,9,11H2,1H3,(H,24,33)(H,26,31,34). The molecule has 1 aliphatic heterocycles. The average molecular weight is 514 g/mol. The monoisotopic (exact) mass is 513 g/mol. The summed E-state index contributed by atoms with van der Waals surface area (Å²) >= 11 is 1.36. The molecule has 1 unspecified atom stereocenters. The summed E-state index contributed by atoms with van der Waals surface area (Å²) in [5.41, 5.74) is -1.19. The number of rotatable bonds is 6. The third-order valence-corrected chi connectivity index (χ3v) is 6.61. The van der Waals surface area contributed by atoms with E-state index >= 15 is 0 Å². The highest BCUT2D eigenvalue weighted by molar-refractivity contribution is 7.17. The minimum Gasteiger partial charge on any atom is -0.349 e. The fourth-order valence-corrected chi connectivity index (χ4v) is 4.69. The molecule has 1 atom stereocenters. The van der Waals surface area contributed by atoms with Crippen molar-refractivity contribution < 1.29 is 22.8 Å². The number of thiazole rings is 1. The molecule has 0 aromatic carbocycles. The normalized spacial score (nSPS) is 15.9. The molecule has 1 saturated heterocycles. The number of fused-ring (bicyclic) bond motifs is 1. The van der Waals surface area contributed by atoms with Crippen LogP contribution in [-0.2, 0) is 11.3 Å². The van der Waals surface area contributed by atoms with Crippen LogP contribution < -0.4 is 16.6 Å². The van der Waals surface area contributed by atoms with Crippen LogP contribution in [0.1, 0.15) is 15.4 Å². The van der Waals surface area contributed by atoms with Crippen molar-refractivity contribution in [3.05, 3.63) is 56.1 Å². The molecule has 188 valence electrons. The highest BCUT2D eigenvalue weighted by Crippen LogP contribution is 2.26. The molecule has 1 aliphatic rings. The van der Waals surface area contributed by atoms with Gasteiger partial charge in [0, 0.05) is 56.1 Å². The summed E-state index contributed by atoms with van der Waals surface area (Å²) in [7, 11) is 0. The van der Waals surface area contributed by atoms with Crippen molar-refractivity contribution >= 4 is 28.1 Å². The maximum Gasteiger partial charge on any atom is 0.405 e. The van der Waals surface area contributed by atoms with Gasteiger partial charge in [-0.1, -0.05) is 0 Å². The highest BCUT2D eigenvalue weighted by Gasteiger charge is 2.44. The van der Waals surface area contributed by atoms with E-state index in [1.165, 1.54) is 37.9 Å². The smallest absolute Gasteiger partial charge is 0.349 e. The Morgan fingerprint density at radius 2 is 1.94 bits per heavy atom. The molecule has 35 heavy (non-hydrogen) atoms. The molecule has 0 spiro atoms. The van der Waals surface area contributed by atoms with Crippen molar-refractivity contribution in [3.8, 4) is 0 Å². The van der Waals surface area contributed by atoms with Crippen molar-refractivity contribution in [1.82, 2.24) is 34.1 Å². The summed E-state index contributed by atoms with van der Waals surface area (Å²) in [4.78, 5) is 58.1. The van der Waals surface area contributed by atoms with Crippen LogP contribution >= 0.6 is 11.3 Å². The number of alkyl halides is 3. The Bertz CT molecular complexity index is 1350. The second kappa shape index (κ2) is 9.65. The number of imidazole rings is 1. The van der Waals surface area contributed by atoms with Gasteiger partial charge in [0.25, 0.3) is 11.5 Å². The van der Waals surface area contributed by atoms with Crippen molar-refractivity contribution in [2.24, 2.45) is 0 Å². The van der Waals surface area contributed by atoms with Crippen LogP contribution in [0.5, 0.6) is 0 Å². The number of aromatic amines is 1. The first-order valence-corrected chi connectivity index (χ1v) is 11.4. The Morgan fingerprint density at radius 3 is 2.60 bits per heavy atom. The number of nitrogens with one attached hydrogen (secondary N) is 2. The number of H-pyrrole nitrogens is 1. The van der Waals surface area contributed by atoms with Crippen molar-refractivity contribution in [2.75, 3.05) is 32.7 Å². The van der Waals surface area contributed by atoms with Gasteiger partial charge in [0.2, 0.25) is 5.91 Å². The van der Waals surface area contributed by atoms with Crippen molar-refractivity contribution in [3.63, 3.8) is 0 Å². The Balaban J connectivity index is 1.36. The predicted molar refractivity (Wildman–Crippen MR) is 119 cm³/mol. The van der Waals surface area contributed by atoms with E-state index in [0.717, 1.165) is 15.5 Å². The predicted octanol–water partition coefficient (Wildman–Crippen LogP) is 0.0593. The van der Waals surface area contributed by atoms with Crippen molar-refractivity contribution in [2.45, 2.75) is 25.7 Å². The summed E-state index contributed by atoms with van der Waals surface area (Å²) in [6.07, 6.45) is -0.403. The molecule has 0 aliphatic carbocycles. The van der Waals surface area contributed by atoms with Gasteiger partial charge >= 0.3 is 11.9 Å². The maximum absolute atomic E-state index is 13.8. The molecular formula is C20H22F3N7O4S. The van der Waals surface area contributed by atoms with E-state index in [2.05, 4.69) is 10.3 Å². The van der Waals surface area contributed by atoms with E-state index in [0.29, 0.717) is 4.96 Å².